The van der Waals surface area contributed by atoms with Crippen molar-refractivity contribution in [3.63, 3.8) is 0 Å². The maximum Gasteiger partial charge on any atom is 0.191 e. The first kappa shape index (κ1) is 24.9. The normalized spacial score (nSPS) is 16.3. The molecule has 0 bridgehead atoms. The highest BCUT2D eigenvalue weighted by Gasteiger charge is 2.22. The highest BCUT2D eigenvalue weighted by Crippen LogP contribution is 2.30. The molecular weight excluding hydrogens is 507 g/mol. The number of halogens is 1. The molecule has 0 aromatic heterocycles. The molecule has 1 aliphatic heterocycles. The summed E-state index contributed by atoms with van der Waals surface area (Å²) in [6.45, 7) is 5.20. The zero-order valence-electron chi connectivity index (χ0n) is 18.4. The Kier molecular flexibility index (Phi) is 10.0. The number of methoxy groups -OCH3 is 2. The highest BCUT2D eigenvalue weighted by molar-refractivity contribution is 14.0. The molecule has 2 aromatic carbocycles. The van der Waals surface area contributed by atoms with Crippen molar-refractivity contribution in [1.29, 1.82) is 0 Å². The lowest BCUT2D eigenvalue weighted by atomic mass is 10.0. The van der Waals surface area contributed by atoms with Crippen molar-refractivity contribution in [3.8, 4) is 17.2 Å². The summed E-state index contributed by atoms with van der Waals surface area (Å²) in [4.78, 5) is 7.07. The predicted octanol–water partition coefficient (Wildman–Crippen LogP) is 3.75. The fraction of sp³-hybridized carbons (Fsp3) is 0.435. The van der Waals surface area contributed by atoms with E-state index in [9.17, 15) is 5.11 Å². The predicted molar refractivity (Wildman–Crippen MR) is 136 cm³/mol. The summed E-state index contributed by atoms with van der Waals surface area (Å²) >= 11 is 0. The molecule has 0 radical (unpaired) electrons. The zero-order chi connectivity index (χ0) is 21.3. The van der Waals surface area contributed by atoms with E-state index < -0.39 is 0 Å². The van der Waals surface area contributed by atoms with Gasteiger partial charge in [-0.2, -0.15) is 0 Å². The standard InChI is InChI=1S/C23H32N4O3.HI/c1-4-24-23(25-15-17-11-12-22(30-3)20(28)14-17)26-18-8-7-13-27(16-18)19-9-5-6-10-21(19)29-2;/h5-6,9-12,14,18,28H,4,7-8,13,15-16H2,1-3H3,(H2,24,25,26);1H. The topological polar surface area (TPSA) is 78.4 Å². The first-order valence-corrected chi connectivity index (χ1v) is 10.4. The van der Waals surface area contributed by atoms with Gasteiger partial charge in [0.25, 0.3) is 0 Å². The maximum absolute atomic E-state index is 9.98. The number of aromatic hydroxyl groups is 1. The smallest absolute Gasteiger partial charge is 0.191 e. The second-order valence-corrected chi connectivity index (χ2v) is 7.30. The lowest BCUT2D eigenvalue weighted by molar-refractivity contribution is 0.373. The number of hydrogen-bond acceptors (Lipinski definition) is 5. The Morgan fingerprint density at radius 1 is 1.16 bits per heavy atom. The molecule has 1 saturated heterocycles. The average Bonchev–Trinajstić information content (AvgIpc) is 2.78. The summed E-state index contributed by atoms with van der Waals surface area (Å²) in [5.41, 5.74) is 2.05. The minimum Gasteiger partial charge on any atom is -0.504 e. The summed E-state index contributed by atoms with van der Waals surface area (Å²) < 4.78 is 10.6. The molecule has 1 aliphatic rings. The van der Waals surface area contributed by atoms with Gasteiger partial charge in [0.15, 0.2) is 17.5 Å². The fourth-order valence-corrected chi connectivity index (χ4v) is 3.72. The van der Waals surface area contributed by atoms with Gasteiger partial charge in [-0.05, 0) is 49.6 Å². The van der Waals surface area contributed by atoms with E-state index in [1.54, 1.807) is 26.4 Å². The van der Waals surface area contributed by atoms with Crippen molar-refractivity contribution in [2.24, 2.45) is 4.99 Å². The SMILES string of the molecule is CCNC(=NCc1ccc(OC)c(O)c1)NC1CCCN(c2ccccc2OC)C1.I. The molecule has 1 heterocycles. The molecule has 170 valence electrons. The number of phenols is 1. The molecule has 7 nitrogen and oxygen atoms in total. The van der Waals surface area contributed by atoms with Crippen molar-refractivity contribution in [1.82, 2.24) is 10.6 Å². The highest BCUT2D eigenvalue weighted by atomic mass is 127. The fourth-order valence-electron chi connectivity index (χ4n) is 3.72. The molecule has 31 heavy (non-hydrogen) atoms. The van der Waals surface area contributed by atoms with Gasteiger partial charge in [-0.1, -0.05) is 18.2 Å². The minimum atomic E-state index is 0. The third-order valence-corrected chi connectivity index (χ3v) is 5.20. The molecule has 8 heteroatoms. The van der Waals surface area contributed by atoms with Crippen LogP contribution in [0.3, 0.4) is 0 Å². The van der Waals surface area contributed by atoms with Gasteiger partial charge in [0.2, 0.25) is 0 Å². The number of nitrogens with zero attached hydrogens (tertiary/aromatic N) is 2. The van der Waals surface area contributed by atoms with Crippen LogP contribution in [0.5, 0.6) is 17.2 Å². The van der Waals surface area contributed by atoms with E-state index in [0.29, 0.717) is 12.3 Å². The Hall–Kier alpha value is -2.36. The number of piperidine rings is 1. The van der Waals surface area contributed by atoms with E-state index >= 15 is 0 Å². The van der Waals surface area contributed by atoms with Crippen LogP contribution in [0.1, 0.15) is 25.3 Å². The molecule has 0 spiro atoms. The Balaban J connectivity index is 0.00000341. The van der Waals surface area contributed by atoms with Gasteiger partial charge in [-0.15, -0.1) is 24.0 Å². The third-order valence-electron chi connectivity index (χ3n) is 5.20. The van der Waals surface area contributed by atoms with Crippen LogP contribution in [-0.4, -0.2) is 51.0 Å². The average molecular weight is 540 g/mol. The van der Waals surface area contributed by atoms with Gasteiger partial charge >= 0.3 is 0 Å². The Morgan fingerprint density at radius 2 is 1.94 bits per heavy atom. The number of nitrogens with one attached hydrogen (secondary N) is 2. The van der Waals surface area contributed by atoms with E-state index in [0.717, 1.165) is 55.4 Å². The number of guanidine groups is 1. The lowest BCUT2D eigenvalue weighted by Gasteiger charge is -2.36. The number of rotatable bonds is 7. The molecule has 1 unspecified atom stereocenters. The summed E-state index contributed by atoms with van der Waals surface area (Å²) in [5.74, 6) is 2.27. The molecule has 0 amide bonds. The first-order chi connectivity index (χ1) is 14.6. The number of para-hydroxylation sites is 2. The number of ether oxygens (including phenoxy) is 2. The van der Waals surface area contributed by atoms with Crippen molar-refractivity contribution >= 4 is 35.6 Å². The quantitative estimate of drug-likeness (QED) is 0.282. The van der Waals surface area contributed by atoms with Gasteiger partial charge < -0.3 is 30.1 Å². The zero-order valence-corrected chi connectivity index (χ0v) is 20.8. The van der Waals surface area contributed by atoms with Gasteiger partial charge in [-0.3, -0.25) is 0 Å². The Bertz CT molecular complexity index is 862. The summed E-state index contributed by atoms with van der Waals surface area (Å²) in [7, 11) is 3.25. The minimum absolute atomic E-state index is 0. The van der Waals surface area contributed by atoms with E-state index in [1.165, 1.54) is 0 Å². The molecular formula is C23H33IN4O3. The van der Waals surface area contributed by atoms with Gasteiger partial charge in [-0.25, -0.2) is 4.99 Å². The molecule has 0 saturated carbocycles. The Morgan fingerprint density at radius 3 is 2.65 bits per heavy atom. The second kappa shape index (κ2) is 12.5. The Labute approximate surface area is 201 Å². The van der Waals surface area contributed by atoms with Gasteiger partial charge in [0, 0.05) is 25.7 Å². The number of phenolic OH excluding ortho intramolecular Hbond substituents is 1. The van der Waals surface area contributed by atoms with Crippen LogP contribution in [-0.2, 0) is 6.54 Å². The largest absolute Gasteiger partial charge is 0.504 e. The van der Waals surface area contributed by atoms with Crippen LogP contribution < -0.4 is 25.0 Å². The van der Waals surface area contributed by atoms with Crippen molar-refractivity contribution in [2.75, 3.05) is 38.8 Å². The molecule has 1 fully saturated rings. The van der Waals surface area contributed by atoms with Crippen LogP contribution in [0.4, 0.5) is 5.69 Å². The molecule has 0 aliphatic carbocycles. The van der Waals surface area contributed by atoms with E-state index in [2.05, 4.69) is 28.5 Å². The number of anilines is 1. The van der Waals surface area contributed by atoms with Crippen molar-refractivity contribution in [2.45, 2.75) is 32.4 Å². The van der Waals surface area contributed by atoms with Crippen LogP contribution in [0, 0.1) is 0 Å². The number of benzene rings is 2. The van der Waals surface area contributed by atoms with Crippen molar-refractivity contribution < 1.29 is 14.6 Å². The molecule has 1 atom stereocenters. The van der Waals surface area contributed by atoms with E-state index in [-0.39, 0.29) is 35.8 Å². The monoisotopic (exact) mass is 540 g/mol. The summed E-state index contributed by atoms with van der Waals surface area (Å²) in [6, 6.07) is 13.8. The molecule has 3 rings (SSSR count). The van der Waals surface area contributed by atoms with Crippen LogP contribution >= 0.6 is 24.0 Å². The molecule has 2 aromatic rings. The van der Waals surface area contributed by atoms with Crippen molar-refractivity contribution in [3.05, 3.63) is 48.0 Å². The van der Waals surface area contributed by atoms with Crippen LogP contribution in [0.15, 0.2) is 47.5 Å². The van der Waals surface area contributed by atoms with Gasteiger partial charge in [0.05, 0.1) is 26.5 Å². The number of hydrogen-bond donors (Lipinski definition) is 3. The summed E-state index contributed by atoms with van der Waals surface area (Å²) in [5, 5.41) is 16.9. The third kappa shape index (κ3) is 6.81. The second-order valence-electron chi connectivity index (χ2n) is 7.30. The lowest BCUT2D eigenvalue weighted by Crippen LogP contribution is -2.51. The van der Waals surface area contributed by atoms with Gasteiger partial charge in [0.1, 0.15) is 5.75 Å². The first-order valence-electron chi connectivity index (χ1n) is 10.4. The summed E-state index contributed by atoms with van der Waals surface area (Å²) in [6.07, 6.45) is 2.18. The number of aliphatic imine (C=N–C) groups is 1. The van der Waals surface area contributed by atoms with Crippen LogP contribution in [0.2, 0.25) is 0 Å². The molecule has 3 N–H and O–H groups in total. The van der Waals surface area contributed by atoms with E-state index in [1.807, 2.05) is 24.3 Å². The van der Waals surface area contributed by atoms with E-state index in [4.69, 9.17) is 14.5 Å². The van der Waals surface area contributed by atoms with Crippen LogP contribution in [0.25, 0.3) is 0 Å². The maximum atomic E-state index is 9.98.